The standard InChI is InChI=1S/C17H22N4O/c1-13-6-4-5-7-14(13)17(22)8-11-21(12-17)16-15(20(2)3)18-9-10-19-16/h4-7,9-10,22H,8,11-12H2,1-3H3. The van der Waals surface area contributed by atoms with Gasteiger partial charge in [-0.25, -0.2) is 9.97 Å². The first-order chi connectivity index (χ1) is 10.5. The second-order valence-corrected chi connectivity index (χ2v) is 6.12. The monoisotopic (exact) mass is 298 g/mol. The van der Waals surface area contributed by atoms with Crippen molar-refractivity contribution in [3.63, 3.8) is 0 Å². The molecule has 0 amide bonds. The summed E-state index contributed by atoms with van der Waals surface area (Å²) in [4.78, 5) is 12.9. The number of aromatic nitrogens is 2. The summed E-state index contributed by atoms with van der Waals surface area (Å²) in [6.45, 7) is 3.35. The number of anilines is 2. The molecule has 1 unspecified atom stereocenters. The Morgan fingerprint density at radius 1 is 1.18 bits per heavy atom. The molecule has 0 saturated carbocycles. The van der Waals surface area contributed by atoms with E-state index in [-0.39, 0.29) is 0 Å². The van der Waals surface area contributed by atoms with E-state index in [9.17, 15) is 5.11 Å². The number of aryl methyl sites for hydroxylation is 1. The molecule has 3 rings (SSSR count). The highest BCUT2D eigenvalue weighted by atomic mass is 16.3. The summed E-state index contributed by atoms with van der Waals surface area (Å²) in [7, 11) is 3.91. The van der Waals surface area contributed by atoms with Crippen molar-refractivity contribution >= 4 is 11.6 Å². The van der Waals surface area contributed by atoms with Crippen LogP contribution in [0.3, 0.4) is 0 Å². The highest BCUT2D eigenvalue weighted by Gasteiger charge is 2.39. The molecule has 0 bridgehead atoms. The lowest BCUT2D eigenvalue weighted by Gasteiger charge is -2.27. The zero-order chi connectivity index (χ0) is 15.7. The smallest absolute Gasteiger partial charge is 0.172 e. The fraction of sp³-hybridized carbons (Fsp3) is 0.412. The fourth-order valence-corrected chi connectivity index (χ4v) is 3.15. The van der Waals surface area contributed by atoms with Crippen molar-refractivity contribution in [2.45, 2.75) is 18.9 Å². The zero-order valence-corrected chi connectivity index (χ0v) is 13.3. The molecule has 5 nitrogen and oxygen atoms in total. The van der Waals surface area contributed by atoms with Crippen molar-refractivity contribution in [1.29, 1.82) is 0 Å². The predicted octanol–water partition coefficient (Wildman–Crippen LogP) is 1.95. The van der Waals surface area contributed by atoms with Crippen molar-refractivity contribution in [2.75, 3.05) is 37.0 Å². The third-order valence-electron chi connectivity index (χ3n) is 4.28. The zero-order valence-electron chi connectivity index (χ0n) is 13.3. The van der Waals surface area contributed by atoms with Crippen molar-refractivity contribution in [3.05, 3.63) is 47.8 Å². The van der Waals surface area contributed by atoms with E-state index in [2.05, 4.69) is 14.9 Å². The average molecular weight is 298 g/mol. The number of rotatable bonds is 3. The maximum absolute atomic E-state index is 11.1. The second kappa shape index (κ2) is 5.57. The van der Waals surface area contributed by atoms with E-state index in [0.717, 1.165) is 29.3 Å². The first-order valence-corrected chi connectivity index (χ1v) is 7.53. The van der Waals surface area contributed by atoms with E-state index in [1.54, 1.807) is 12.4 Å². The first-order valence-electron chi connectivity index (χ1n) is 7.53. The van der Waals surface area contributed by atoms with Gasteiger partial charge in [-0.3, -0.25) is 0 Å². The Bertz CT molecular complexity index is 673. The van der Waals surface area contributed by atoms with Gasteiger partial charge in [0.05, 0.1) is 6.54 Å². The highest BCUT2D eigenvalue weighted by Crippen LogP contribution is 2.37. The molecule has 2 heterocycles. The van der Waals surface area contributed by atoms with Crippen LogP contribution in [0.15, 0.2) is 36.7 Å². The minimum atomic E-state index is -0.827. The predicted molar refractivity (Wildman–Crippen MR) is 88.3 cm³/mol. The number of nitrogens with zero attached hydrogens (tertiary/aromatic N) is 4. The van der Waals surface area contributed by atoms with Crippen LogP contribution in [0.4, 0.5) is 11.6 Å². The van der Waals surface area contributed by atoms with Gasteiger partial charge in [0.25, 0.3) is 0 Å². The summed E-state index contributed by atoms with van der Waals surface area (Å²) in [6, 6.07) is 8.05. The topological polar surface area (TPSA) is 52.5 Å². The fourth-order valence-electron chi connectivity index (χ4n) is 3.15. The molecule has 0 aliphatic carbocycles. The Morgan fingerprint density at radius 2 is 1.91 bits per heavy atom. The van der Waals surface area contributed by atoms with Crippen LogP contribution in [0.2, 0.25) is 0 Å². The van der Waals surface area contributed by atoms with E-state index in [1.165, 1.54) is 0 Å². The third kappa shape index (κ3) is 2.52. The summed E-state index contributed by atoms with van der Waals surface area (Å²) >= 11 is 0. The van der Waals surface area contributed by atoms with Crippen LogP contribution in [0.25, 0.3) is 0 Å². The van der Waals surface area contributed by atoms with Crippen LogP contribution >= 0.6 is 0 Å². The van der Waals surface area contributed by atoms with Crippen LogP contribution in [0.5, 0.6) is 0 Å². The molecule has 0 radical (unpaired) electrons. The average Bonchev–Trinajstić information content (AvgIpc) is 2.91. The number of β-amino-alcohol motifs (C(OH)–C–C–N with tert-alkyl or cyclic N) is 1. The van der Waals surface area contributed by atoms with Crippen LogP contribution in [-0.2, 0) is 5.60 Å². The van der Waals surface area contributed by atoms with E-state index in [1.807, 2.05) is 50.2 Å². The largest absolute Gasteiger partial charge is 0.383 e. The van der Waals surface area contributed by atoms with Crippen LogP contribution < -0.4 is 9.80 Å². The Morgan fingerprint density at radius 3 is 2.64 bits per heavy atom. The maximum Gasteiger partial charge on any atom is 0.172 e. The summed E-state index contributed by atoms with van der Waals surface area (Å²) in [5, 5.41) is 11.1. The van der Waals surface area contributed by atoms with Crippen molar-refractivity contribution in [3.8, 4) is 0 Å². The highest BCUT2D eigenvalue weighted by molar-refractivity contribution is 5.62. The van der Waals surface area contributed by atoms with Crippen molar-refractivity contribution in [1.82, 2.24) is 9.97 Å². The number of aliphatic hydroxyl groups is 1. The Hall–Kier alpha value is -2.14. The van der Waals surface area contributed by atoms with Gasteiger partial charge in [0, 0.05) is 33.0 Å². The molecule has 5 heteroatoms. The van der Waals surface area contributed by atoms with Crippen molar-refractivity contribution in [2.24, 2.45) is 0 Å². The normalized spacial score (nSPS) is 21.2. The first kappa shape index (κ1) is 14.8. The van der Waals surface area contributed by atoms with E-state index in [4.69, 9.17) is 0 Å². The van der Waals surface area contributed by atoms with Gasteiger partial charge in [-0.1, -0.05) is 24.3 Å². The van der Waals surface area contributed by atoms with E-state index >= 15 is 0 Å². The summed E-state index contributed by atoms with van der Waals surface area (Å²) < 4.78 is 0. The Kier molecular flexibility index (Phi) is 3.74. The molecule has 2 aromatic rings. The van der Waals surface area contributed by atoms with Gasteiger partial charge in [0.2, 0.25) is 0 Å². The molecule has 0 spiro atoms. The number of hydrogen-bond donors (Lipinski definition) is 1. The molecule has 1 aromatic heterocycles. The van der Waals surface area contributed by atoms with Crippen LogP contribution in [0.1, 0.15) is 17.5 Å². The third-order valence-corrected chi connectivity index (χ3v) is 4.28. The Balaban J connectivity index is 1.91. The van der Waals surface area contributed by atoms with Gasteiger partial charge < -0.3 is 14.9 Å². The molecule has 1 fully saturated rings. The van der Waals surface area contributed by atoms with Crippen LogP contribution in [0, 0.1) is 6.92 Å². The quantitative estimate of drug-likeness (QED) is 0.938. The molecular weight excluding hydrogens is 276 g/mol. The minimum Gasteiger partial charge on any atom is -0.383 e. The van der Waals surface area contributed by atoms with Gasteiger partial charge in [-0.15, -0.1) is 0 Å². The second-order valence-electron chi connectivity index (χ2n) is 6.12. The molecule has 1 atom stereocenters. The summed E-state index contributed by atoms with van der Waals surface area (Å²) in [5.41, 5.74) is 1.30. The molecule has 116 valence electrons. The molecule has 1 aliphatic rings. The lowest BCUT2D eigenvalue weighted by atomic mass is 9.89. The Labute approximate surface area is 131 Å². The van der Waals surface area contributed by atoms with Crippen LogP contribution in [-0.4, -0.2) is 42.3 Å². The molecule has 22 heavy (non-hydrogen) atoms. The molecule has 1 aliphatic heterocycles. The van der Waals surface area contributed by atoms with Gasteiger partial charge in [0.1, 0.15) is 5.60 Å². The van der Waals surface area contributed by atoms with Gasteiger partial charge in [-0.2, -0.15) is 0 Å². The SMILES string of the molecule is Cc1ccccc1C1(O)CCN(c2nccnc2N(C)C)C1. The lowest BCUT2D eigenvalue weighted by molar-refractivity contribution is 0.0600. The van der Waals surface area contributed by atoms with E-state index in [0.29, 0.717) is 13.0 Å². The number of hydrogen-bond acceptors (Lipinski definition) is 5. The molecule has 1 saturated heterocycles. The lowest BCUT2D eigenvalue weighted by Crippen LogP contribution is -2.32. The van der Waals surface area contributed by atoms with Gasteiger partial charge >= 0.3 is 0 Å². The minimum absolute atomic E-state index is 0.539. The maximum atomic E-state index is 11.1. The van der Waals surface area contributed by atoms with Gasteiger partial charge in [0.15, 0.2) is 11.6 Å². The molecule has 1 aromatic carbocycles. The summed E-state index contributed by atoms with van der Waals surface area (Å²) in [6.07, 6.45) is 4.09. The molecular formula is C17H22N4O. The molecule has 1 N–H and O–H groups in total. The summed E-state index contributed by atoms with van der Waals surface area (Å²) in [5.74, 6) is 1.66. The van der Waals surface area contributed by atoms with E-state index < -0.39 is 5.60 Å². The number of benzene rings is 1. The van der Waals surface area contributed by atoms with Crippen molar-refractivity contribution < 1.29 is 5.11 Å². The van der Waals surface area contributed by atoms with Gasteiger partial charge in [-0.05, 0) is 24.5 Å².